The Hall–Kier alpha value is -1.52. The average Bonchev–Trinajstić information content (AvgIpc) is 2.62. The van der Waals surface area contributed by atoms with Gasteiger partial charge in [-0.3, -0.25) is 4.79 Å². The van der Waals surface area contributed by atoms with Crippen LogP contribution in [0, 0.1) is 0 Å². The molecule has 116 valence electrons. The number of rotatable bonds is 4. The van der Waals surface area contributed by atoms with Crippen LogP contribution >= 0.6 is 11.8 Å². The molecule has 0 saturated carbocycles. The zero-order chi connectivity index (χ0) is 15.4. The topological polar surface area (TPSA) is 29.5 Å². The van der Waals surface area contributed by atoms with E-state index in [-0.39, 0.29) is 5.78 Å². The number of nitrogens with zero attached hydrogens (tertiary/aromatic N) is 1. The van der Waals surface area contributed by atoms with Gasteiger partial charge in [0.2, 0.25) is 0 Å². The Morgan fingerprint density at radius 3 is 2.73 bits per heavy atom. The van der Waals surface area contributed by atoms with E-state index < -0.39 is 0 Å². The second-order valence-corrected chi connectivity index (χ2v) is 6.30. The lowest BCUT2D eigenvalue weighted by Gasteiger charge is -2.30. The zero-order valence-electron chi connectivity index (χ0n) is 12.9. The summed E-state index contributed by atoms with van der Waals surface area (Å²) in [6.45, 7) is 3.27. The van der Waals surface area contributed by atoms with E-state index in [2.05, 4.69) is 23.3 Å². The number of hydrogen-bond donors (Lipinski definition) is 0. The molecule has 0 unspecified atom stereocenters. The molecule has 22 heavy (non-hydrogen) atoms. The predicted molar refractivity (Wildman–Crippen MR) is 92.0 cm³/mol. The average molecular weight is 315 g/mol. The van der Waals surface area contributed by atoms with Gasteiger partial charge in [-0.05, 0) is 37.3 Å². The fourth-order valence-electron chi connectivity index (χ4n) is 2.83. The van der Waals surface area contributed by atoms with Crippen molar-refractivity contribution in [2.45, 2.75) is 17.7 Å². The Morgan fingerprint density at radius 1 is 1.23 bits per heavy atom. The highest BCUT2D eigenvalue weighted by Gasteiger charge is 2.18. The summed E-state index contributed by atoms with van der Waals surface area (Å²) >= 11 is 1.72. The van der Waals surface area contributed by atoms with Crippen LogP contribution in [-0.4, -0.2) is 38.3 Å². The van der Waals surface area contributed by atoms with Gasteiger partial charge in [-0.1, -0.05) is 18.2 Å². The van der Waals surface area contributed by atoms with Gasteiger partial charge in [-0.2, -0.15) is 0 Å². The minimum absolute atomic E-state index is 0.123. The van der Waals surface area contributed by atoms with Gasteiger partial charge in [-0.25, -0.2) is 0 Å². The largest absolute Gasteiger partial charge is 0.378 e. The number of Topliss-reactive ketones (excluding diaryl/α,β-unsaturated/α-hetero) is 1. The van der Waals surface area contributed by atoms with Crippen LogP contribution in [-0.2, 0) is 4.74 Å². The lowest BCUT2D eigenvalue weighted by Crippen LogP contribution is -2.36. The molecule has 2 aliphatic rings. The van der Waals surface area contributed by atoms with Gasteiger partial charge in [0.1, 0.15) is 0 Å². The van der Waals surface area contributed by atoms with Crippen molar-refractivity contribution in [3.63, 3.8) is 0 Å². The smallest absolute Gasteiger partial charge is 0.192 e. The Labute approximate surface area is 136 Å². The molecule has 0 bridgehead atoms. The summed E-state index contributed by atoms with van der Waals surface area (Å²) in [4.78, 5) is 16.2. The molecule has 1 heterocycles. The van der Waals surface area contributed by atoms with Gasteiger partial charge in [-0.15, -0.1) is 11.8 Å². The van der Waals surface area contributed by atoms with E-state index >= 15 is 0 Å². The molecule has 1 aliphatic heterocycles. The predicted octanol–water partition coefficient (Wildman–Crippen LogP) is 3.70. The van der Waals surface area contributed by atoms with Gasteiger partial charge < -0.3 is 9.64 Å². The van der Waals surface area contributed by atoms with Gasteiger partial charge in [0, 0.05) is 29.1 Å². The Morgan fingerprint density at radius 2 is 2.05 bits per heavy atom. The number of carbonyl (C=O) groups excluding carboxylic acids is 1. The second-order valence-electron chi connectivity index (χ2n) is 5.45. The van der Waals surface area contributed by atoms with Crippen LogP contribution < -0.4 is 4.90 Å². The highest BCUT2D eigenvalue weighted by atomic mass is 32.2. The minimum Gasteiger partial charge on any atom is -0.378 e. The molecule has 0 N–H and O–H groups in total. The molecule has 1 saturated heterocycles. The van der Waals surface area contributed by atoms with Gasteiger partial charge in [0.05, 0.1) is 18.9 Å². The number of thioether (sulfide) groups is 1. The van der Waals surface area contributed by atoms with Crippen molar-refractivity contribution < 1.29 is 9.53 Å². The normalized spacial score (nSPS) is 18.2. The number of hydrogen-bond acceptors (Lipinski definition) is 4. The number of allylic oxidation sites excluding steroid dienone is 4. The number of carbonyl (C=O) groups is 1. The third-order valence-corrected chi connectivity index (χ3v) is 4.84. The summed E-state index contributed by atoms with van der Waals surface area (Å²) in [5.41, 5.74) is 2.75. The monoisotopic (exact) mass is 315 g/mol. The van der Waals surface area contributed by atoms with Gasteiger partial charge in [0.25, 0.3) is 0 Å². The second kappa shape index (κ2) is 7.16. The summed E-state index contributed by atoms with van der Waals surface area (Å²) < 4.78 is 5.43. The molecule has 1 fully saturated rings. The molecular formula is C18H21NO2S. The summed E-state index contributed by atoms with van der Waals surface area (Å²) in [5.74, 6) is 0.123. The van der Waals surface area contributed by atoms with Crippen LogP contribution in [0.4, 0.5) is 5.69 Å². The van der Waals surface area contributed by atoms with Crippen LogP contribution in [0.3, 0.4) is 0 Å². The van der Waals surface area contributed by atoms with Gasteiger partial charge >= 0.3 is 0 Å². The maximum absolute atomic E-state index is 12.7. The van der Waals surface area contributed by atoms with E-state index in [1.165, 1.54) is 4.90 Å². The molecule has 3 rings (SSSR count). The Balaban J connectivity index is 1.90. The Bertz CT molecular complexity index is 616. The van der Waals surface area contributed by atoms with Crippen LogP contribution in [0.2, 0.25) is 0 Å². The summed E-state index contributed by atoms with van der Waals surface area (Å²) in [6, 6.07) is 6.06. The first kappa shape index (κ1) is 15.4. The van der Waals surface area contributed by atoms with E-state index in [4.69, 9.17) is 4.74 Å². The van der Waals surface area contributed by atoms with Crippen molar-refractivity contribution in [1.29, 1.82) is 0 Å². The van der Waals surface area contributed by atoms with Crippen LogP contribution in [0.5, 0.6) is 0 Å². The third-order valence-electron chi connectivity index (χ3n) is 4.05. The molecule has 4 heteroatoms. The molecule has 1 aliphatic carbocycles. The first-order valence-electron chi connectivity index (χ1n) is 7.72. The quantitative estimate of drug-likeness (QED) is 0.626. The number of benzene rings is 1. The first-order chi connectivity index (χ1) is 10.8. The van der Waals surface area contributed by atoms with E-state index in [0.717, 1.165) is 56.0 Å². The van der Waals surface area contributed by atoms with Crippen molar-refractivity contribution in [2.75, 3.05) is 37.5 Å². The number of ether oxygens (including phenoxy) is 1. The molecule has 0 aromatic heterocycles. The molecule has 0 amide bonds. The zero-order valence-corrected chi connectivity index (χ0v) is 13.7. The third kappa shape index (κ3) is 3.28. The molecule has 0 spiro atoms. The minimum atomic E-state index is 0.123. The molecule has 0 atom stereocenters. The van der Waals surface area contributed by atoms with Crippen LogP contribution in [0.25, 0.3) is 0 Å². The number of anilines is 1. The molecule has 3 nitrogen and oxygen atoms in total. The van der Waals surface area contributed by atoms with E-state index in [1.807, 2.05) is 24.3 Å². The maximum Gasteiger partial charge on any atom is 0.192 e. The fourth-order valence-corrected chi connectivity index (χ4v) is 3.43. The highest BCUT2D eigenvalue weighted by molar-refractivity contribution is 7.98. The molecule has 0 radical (unpaired) electrons. The van der Waals surface area contributed by atoms with Crippen molar-refractivity contribution in [1.82, 2.24) is 0 Å². The molecular weight excluding hydrogens is 294 g/mol. The van der Waals surface area contributed by atoms with Crippen molar-refractivity contribution in [3.8, 4) is 0 Å². The fraction of sp³-hybridized carbons (Fsp3) is 0.389. The van der Waals surface area contributed by atoms with E-state index in [9.17, 15) is 4.79 Å². The standard InChI is InChI=1S/C18H21NO2S/c1-22-17-8-7-15(18(20)14-5-3-2-4-6-14)13-16(17)19-9-11-21-12-10-19/h3,5-8,13H,2,4,9-12H2,1H3. The molecule has 1 aromatic carbocycles. The lowest BCUT2D eigenvalue weighted by molar-refractivity contribution is 0.103. The van der Waals surface area contributed by atoms with E-state index in [1.54, 1.807) is 11.8 Å². The maximum atomic E-state index is 12.7. The Kier molecular flexibility index (Phi) is 5.01. The number of ketones is 1. The summed E-state index contributed by atoms with van der Waals surface area (Å²) in [6.07, 6.45) is 10.1. The first-order valence-corrected chi connectivity index (χ1v) is 8.94. The van der Waals surface area contributed by atoms with Crippen LogP contribution in [0.1, 0.15) is 23.2 Å². The van der Waals surface area contributed by atoms with E-state index in [0.29, 0.717) is 0 Å². The SMILES string of the molecule is CSc1ccc(C(=O)C2=CCCC=C2)cc1N1CCOCC1. The summed E-state index contributed by atoms with van der Waals surface area (Å²) in [5, 5.41) is 0. The summed E-state index contributed by atoms with van der Waals surface area (Å²) in [7, 11) is 0. The van der Waals surface area contributed by atoms with Crippen molar-refractivity contribution in [2.24, 2.45) is 0 Å². The van der Waals surface area contributed by atoms with Gasteiger partial charge in [0.15, 0.2) is 5.78 Å². The molecule has 1 aromatic rings. The highest BCUT2D eigenvalue weighted by Crippen LogP contribution is 2.31. The number of morpholine rings is 1. The lowest BCUT2D eigenvalue weighted by atomic mass is 9.98. The van der Waals surface area contributed by atoms with Crippen molar-refractivity contribution in [3.05, 3.63) is 47.6 Å². The van der Waals surface area contributed by atoms with Crippen LogP contribution in [0.15, 0.2) is 46.9 Å². The van der Waals surface area contributed by atoms with Crippen molar-refractivity contribution >= 4 is 23.2 Å².